The number of aliphatic carboxylic acids is 1. The fourth-order valence-corrected chi connectivity index (χ4v) is 1.43. The molecule has 0 fully saturated rings. The molecule has 1 atom stereocenters. The predicted molar refractivity (Wildman–Crippen MR) is 64.9 cm³/mol. The smallest absolute Gasteiger partial charge is 0.320 e. The van der Waals surface area contributed by atoms with Gasteiger partial charge in [0.05, 0.1) is 7.11 Å². The number of halogens is 1. The van der Waals surface area contributed by atoms with Crippen LogP contribution in [0.5, 0.6) is 5.75 Å². The molecule has 0 saturated heterocycles. The van der Waals surface area contributed by atoms with E-state index in [9.17, 15) is 9.18 Å². The van der Waals surface area contributed by atoms with Gasteiger partial charge in [-0.05, 0) is 30.7 Å². The zero-order valence-corrected chi connectivity index (χ0v) is 10.1. The van der Waals surface area contributed by atoms with Crippen LogP contribution in [0.4, 0.5) is 4.39 Å². The molecule has 0 aromatic heterocycles. The highest BCUT2D eigenvalue weighted by atomic mass is 19.1. The summed E-state index contributed by atoms with van der Waals surface area (Å²) in [5.74, 6) is -1.24. The minimum absolute atomic E-state index is 0.201. The first-order chi connectivity index (χ1) is 8.54. The van der Waals surface area contributed by atoms with Crippen LogP contribution in [0, 0.1) is 5.82 Å². The Labute approximate surface area is 105 Å². The molecule has 5 nitrogen and oxygen atoms in total. The molecule has 100 valence electrons. The standard InChI is InChI=1S/C12H17FN2O3/c1-18-11-3-2-8(6-9(11)13)7-15-5-4-10(14)12(16)17/h2-3,6,10,15H,4-5,7,14H2,1H3,(H,16,17). The number of methoxy groups -OCH3 is 1. The number of carboxylic acids is 1. The predicted octanol–water partition coefficient (Wildman–Crippen LogP) is 0.726. The second kappa shape index (κ2) is 6.93. The number of hydrogen-bond acceptors (Lipinski definition) is 4. The van der Waals surface area contributed by atoms with E-state index in [1.807, 2.05) is 0 Å². The third-order valence-corrected chi connectivity index (χ3v) is 2.49. The quantitative estimate of drug-likeness (QED) is 0.626. The van der Waals surface area contributed by atoms with Gasteiger partial charge in [-0.3, -0.25) is 4.79 Å². The molecule has 0 bridgehead atoms. The summed E-state index contributed by atoms with van der Waals surface area (Å²) < 4.78 is 18.1. The molecule has 0 aliphatic rings. The van der Waals surface area contributed by atoms with Crippen molar-refractivity contribution in [3.05, 3.63) is 29.6 Å². The summed E-state index contributed by atoms with van der Waals surface area (Å²) in [7, 11) is 1.41. The number of benzene rings is 1. The SMILES string of the molecule is COc1ccc(CNCCC(N)C(=O)O)cc1F. The van der Waals surface area contributed by atoms with Gasteiger partial charge in [0.2, 0.25) is 0 Å². The van der Waals surface area contributed by atoms with E-state index in [0.29, 0.717) is 19.5 Å². The van der Waals surface area contributed by atoms with Crippen molar-refractivity contribution in [2.24, 2.45) is 5.73 Å². The second-order valence-corrected chi connectivity index (χ2v) is 3.88. The number of ether oxygens (including phenoxy) is 1. The summed E-state index contributed by atoms with van der Waals surface area (Å²) >= 11 is 0. The average molecular weight is 256 g/mol. The second-order valence-electron chi connectivity index (χ2n) is 3.88. The molecule has 0 amide bonds. The Kier molecular flexibility index (Phi) is 5.54. The van der Waals surface area contributed by atoms with Crippen molar-refractivity contribution in [2.45, 2.75) is 19.0 Å². The minimum atomic E-state index is -1.02. The first-order valence-corrected chi connectivity index (χ1v) is 5.56. The van der Waals surface area contributed by atoms with Gasteiger partial charge in [-0.1, -0.05) is 6.07 Å². The molecule has 1 rings (SSSR count). The van der Waals surface area contributed by atoms with Crippen molar-refractivity contribution in [1.82, 2.24) is 5.32 Å². The van der Waals surface area contributed by atoms with Gasteiger partial charge in [0.25, 0.3) is 0 Å². The molecule has 0 saturated carbocycles. The molecule has 1 aromatic rings. The molecule has 6 heteroatoms. The van der Waals surface area contributed by atoms with Gasteiger partial charge in [-0.15, -0.1) is 0 Å². The van der Waals surface area contributed by atoms with Gasteiger partial charge in [-0.2, -0.15) is 0 Å². The molecule has 0 radical (unpaired) electrons. The first kappa shape index (κ1) is 14.4. The average Bonchev–Trinajstić information content (AvgIpc) is 2.34. The molecular formula is C12H17FN2O3. The molecule has 0 aliphatic heterocycles. The van der Waals surface area contributed by atoms with Crippen LogP contribution in [0.1, 0.15) is 12.0 Å². The van der Waals surface area contributed by atoms with E-state index < -0.39 is 17.8 Å². The van der Waals surface area contributed by atoms with Gasteiger partial charge in [-0.25, -0.2) is 4.39 Å². The summed E-state index contributed by atoms with van der Waals surface area (Å²) in [6, 6.07) is 3.80. The van der Waals surface area contributed by atoms with E-state index in [-0.39, 0.29) is 5.75 Å². The molecular weight excluding hydrogens is 239 g/mol. The summed E-state index contributed by atoms with van der Waals surface area (Å²) in [5, 5.41) is 11.6. The third-order valence-electron chi connectivity index (χ3n) is 2.49. The first-order valence-electron chi connectivity index (χ1n) is 5.56. The normalized spacial score (nSPS) is 12.2. The maximum Gasteiger partial charge on any atom is 0.320 e. The number of nitrogens with one attached hydrogen (secondary N) is 1. The lowest BCUT2D eigenvalue weighted by atomic mass is 10.2. The molecule has 18 heavy (non-hydrogen) atoms. The van der Waals surface area contributed by atoms with E-state index in [1.54, 1.807) is 12.1 Å². The van der Waals surface area contributed by atoms with E-state index >= 15 is 0 Å². The van der Waals surface area contributed by atoms with E-state index in [4.69, 9.17) is 15.6 Å². The van der Waals surface area contributed by atoms with Crippen LogP contribution in [0.2, 0.25) is 0 Å². The van der Waals surface area contributed by atoms with Gasteiger partial charge in [0.1, 0.15) is 6.04 Å². The minimum Gasteiger partial charge on any atom is -0.494 e. The van der Waals surface area contributed by atoms with Crippen LogP contribution in [-0.4, -0.2) is 30.8 Å². The van der Waals surface area contributed by atoms with Crippen molar-refractivity contribution in [3.63, 3.8) is 0 Å². The number of carbonyl (C=O) groups is 1. The Bertz CT molecular complexity index is 412. The summed E-state index contributed by atoms with van der Waals surface area (Å²) in [6.07, 6.45) is 0.327. The van der Waals surface area contributed by atoms with Gasteiger partial charge < -0.3 is 20.9 Å². The van der Waals surface area contributed by atoms with Crippen LogP contribution in [0.3, 0.4) is 0 Å². The number of nitrogens with two attached hydrogens (primary N) is 1. The monoisotopic (exact) mass is 256 g/mol. The van der Waals surface area contributed by atoms with Crippen molar-refractivity contribution in [3.8, 4) is 5.75 Å². The van der Waals surface area contributed by atoms with Gasteiger partial charge in [0, 0.05) is 6.54 Å². The lowest BCUT2D eigenvalue weighted by Gasteiger charge is -2.09. The van der Waals surface area contributed by atoms with Crippen molar-refractivity contribution < 1.29 is 19.0 Å². The van der Waals surface area contributed by atoms with Crippen LogP contribution in [-0.2, 0) is 11.3 Å². The molecule has 1 aromatic carbocycles. The Hall–Kier alpha value is -1.66. The van der Waals surface area contributed by atoms with Gasteiger partial charge >= 0.3 is 5.97 Å². The number of rotatable bonds is 7. The zero-order valence-electron chi connectivity index (χ0n) is 10.1. The van der Waals surface area contributed by atoms with E-state index in [1.165, 1.54) is 13.2 Å². The van der Waals surface area contributed by atoms with E-state index in [2.05, 4.69) is 5.32 Å². The molecule has 0 aliphatic carbocycles. The number of carboxylic acid groups (broad SMARTS) is 1. The highest BCUT2D eigenvalue weighted by Crippen LogP contribution is 2.17. The third kappa shape index (κ3) is 4.31. The lowest BCUT2D eigenvalue weighted by Crippen LogP contribution is -2.33. The highest BCUT2D eigenvalue weighted by molar-refractivity contribution is 5.72. The Morgan fingerprint density at radius 2 is 2.33 bits per heavy atom. The van der Waals surface area contributed by atoms with Crippen LogP contribution in [0.15, 0.2) is 18.2 Å². The maximum absolute atomic E-state index is 13.3. The topological polar surface area (TPSA) is 84.6 Å². The van der Waals surface area contributed by atoms with Crippen molar-refractivity contribution in [1.29, 1.82) is 0 Å². The van der Waals surface area contributed by atoms with Gasteiger partial charge in [0.15, 0.2) is 11.6 Å². The Balaban J connectivity index is 2.36. The van der Waals surface area contributed by atoms with E-state index in [0.717, 1.165) is 5.56 Å². The zero-order chi connectivity index (χ0) is 13.5. The summed E-state index contributed by atoms with van der Waals surface area (Å²) in [5.41, 5.74) is 6.10. The van der Waals surface area contributed by atoms with Crippen LogP contribution >= 0.6 is 0 Å². The Morgan fingerprint density at radius 3 is 2.89 bits per heavy atom. The molecule has 4 N–H and O–H groups in total. The molecule has 1 unspecified atom stereocenters. The van der Waals surface area contributed by atoms with Crippen molar-refractivity contribution in [2.75, 3.05) is 13.7 Å². The highest BCUT2D eigenvalue weighted by Gasteiger charge is 2.10. The summed E-state index contributed by atoms with van der Waals surface area (Å²) in [6.45, 7) is 0.911. The fraction of sp³-hybridized carbons (Fsp3) is 0.417. The molecule has 0 spiro atoms. The van der Waals surface area contributed by atoms with Crippen LogP contribution in [0.25, 0.3) is 0 Å². The Morgan fingerprint density at radius 1 is 1.61 bits per heavy atom. The number of hydrogen-bond donors (Lipinski definition) is 3. The largest absolute Gasteiger partial charge is 0.494 e. The lowest BCUT2D eigenvalue weighted by molar-refractivity contribution is -0.138. The summed E-state index contributed by atoms with van der Waals surface area (Å²) in [4.78, 5) is 10.5. The van der Waals surface area contributed by atoms with Crippen LogP contribution < -0.4 is 15.8 Å². The van der Waals surface area contributed by atoms with Crippen molar-refractivity contribution >= 4 is 5.97 Å². The maximum atomic E-state index is 13.3. The fourth-order valence-electron chi connectivity index (χ4n) is 1.43. The molecule has 0 heterocycles.